The van der Waals surface area contributed by atoms with Crippen LogP contribution < -0.4 is 4.52 Å². The molecule has 0 bridgehead atoms. The van der Waals surface area contributed by atoms with Crippen molar-refractivity contribution in [2.45, 2.75) is 0 Å². The number of hydrogen-bond donors (Lipinski definition) is 0. The Morgan fingerprint density at radius 2 is 1.80 bits per heavy atom. The third-order valence-corrected chi connectivity index (χ3v) is 2.47. The highest BCUT2D eigenvalue weighted by Gasteiger charge is 2.07. The van der Waals surface area contributed by atoms with Gasteiger partial charge in [0.05, 0.1) is 12.7 Å². The molecule has 0 aliphatic heterocycles. The van der Waals surface area contributed by atoms with Gasteiger partial charge in [0.1, 0.15) is 12.0 Å². The summed E-state index contributed by atoms with van der Waals surface area (Å²) in [6.07, 6.45) is -1.72. The average molecular weight is 244 g/mol. The van der Waals surface area contributed by atoms with Gasteiger partial charge in [0, 0.05) is 0 Å². The van der Waals surface area contributed by atoms with Crippen LogP contribution in [0.5, 0.6) is 5.75 Å². The first kappa shape index (κ1) is 12.2. The van der Waals surface area contributed by atoms with Crippen molar-refractivity contribution in [3.63, 3.8) is 0 Å². The third kappa shape index (κ3) is 4.02. The lowest BCUT2D eigenvalue weighted by molar-refractivity contribution is 0.0601. The first-order chi connectivity index (χ1) is 6.92. The van der Waals surface area contributed by atoms with Gasteiger partial charge in [0.2, 0.25) is 0 Å². The van der Waals surface area contributed by atoms with Gasteiger partial charge in [-0.2, -0.15) is 0 Å². The number of hydrogen-bond acceptors (Lipinski definition) is 4. The molecule has 3 nitrogen and oxygen atoms in total. The fourth-order valence-corrected chi connectivity index (χ4v) is 1.91. The van der Waals surface area contributed by atoms with Gasteiger partial charge < -0.3 is 9.26 Å². The van der Waals surface area contributed by atoms with Crippen LogP contribution in [0.15, 0.2) is 24.3 Å². The van der Waals surface area contributed by atoms with Crippen LogP contribution in [0.2, 0.25) is 0 Å². The lowest BCUT2D eigenvalue weighted by Crippen LogP contribution is -2.00. The molecule has 0 heterocycles. The Bertz CT molecular complexity index is 394. The summed E-state index contributed by atoms with van der Waals surface area (Å²) in [5.41, 5.74) is 0.505. The largest absolute Gasteiger partial charge is 0.467 e. The summed E-state index contributed by atoms with van der Waals surface area (Å²) in [6, 6.07) is 6.76. The molecule has 0 aliphatic carbocycles. The topological polar surface area (TPSA) is 35.5 Å². The van der Waals surface area contributed by atoms with Crippen molar-refractivity contribution in [1.29, 1.82) is 0 Å². The number of benzene rings is 1. The molecule has 0 amide bonds. The highest BCUT2D eigenvalue weighted by molar-refractivity contribution is 8.11. The zero-order chi connectivity index (χ0) is 11.5. The number of rotatable bonds is 3. The van der Waals surface area contributed by atoms with E-state index in [0.717, 1.165) is 0 Å². The predicted octanol–water partition coefficient (Wildman–Crippen LogP) is 2.51. The van der Waals surface area contributed by atoms with Gasteiger partial charge >= 0.3 is 5.97 Å². The highest BCUT2D eigenvalue weighted by atomic mass is 32.4. The normalized spacial score (nSPS) is 10.9. The second-order valence-corrected chi connectivity index (χ2v) is 8.68. The van der Waals surface area contributed by atoms with E-state index in [2.05, 4.69) is 4.74 Å². The van der Waals surface area contributed by atoms with Crippen molar-refractivity contribution in [3.05, 3.63) is 29.8 Å². The summed E-state index contributed by atoms with van der Waals surface area (Å²) >= 11 is 5.17. The van der Waals surface area contributed by atoms with Crippen LogP contribution in [0.25, 0.3) is 0 Å². The molecule has 0 atom stereocenters. The Labute approximate surface area is 94.5 Å². The van der Waals surface area contributed by atoms with E-state index in [1.54, 1.807) is 24.3 Å². The molecule has 0 saturated heterocycles. The van der Waals surface area contributed by atoms with E-state index in [4.69, 9.17) is 16.3 Å². The quantitative estimate of drug-likeness (QED) is 0.604. The Morgan fingerprint density at radius 1 is 1.27 bits per heavy atom. The lowest BCUT2D eigenvalue weighted by atomic mass is 10.2. The molecule has 82 valence electrons. The molecule has 0 aromatic heterocycles. The van der Waals surface area contributed by atoms with Crippen molar-refractivity contribution >= 4 is 24.0 Å². The Morgan fingerprint density at radius 3 is 2.20 bits per heavy atom. The minimum absolute atomic E-state index is 0.353. The monoisotopic (exact) mass is 244 g/mol. The minimum atomic E-state index is -1.72. The van der Waals surface area contributed by atoms with E-state index in [1.165, 1.54) is 7.11 Å². The van der Waals surface area contributed by atoms with Crippen molar-refractivity contribution < 1.29 is 14.1 Å². The molecule has 0 radical (unpaired) electrons. The van der Waals surface area contributed by atoms with Crippen LogP contribution in [0.1, 0.15) is 10.4 Å². The maximum absolute atomic E-state index is 11.1. The Balaban J connectivity index is 2.81. The Hall–Kier alpha value is -0.860. The van der Waals surface area contributed by atoms with Gasteiger partial charge in [-0.3, -0.25) is 0 Å². The number of carbonyl (C=O) groups excluding carboxylic acids is 1. The first-order valence-electron chi connectivity index (χ1n) is 4.35. The fourth-order valence-electron chi connectivity index (χ4n) is 1.02. The molecule has 15 heavy (non-hydrogen) atoms. The van der Waals surface area contributed by atoms with Crippen molar-refractivity contribution in [1.82, 2.24) is 0 Å². The molecular weight excluding hydrogens is 231 g/mol. The zero-order valence-electron chi connectivity index (χ0n) is 8.89. The fraction of sp³-hybridized carbons (Fsp3) is 0.300. The van der Waals surface area contributed by atoms with Crippen LogP contribution in [-0.2, 0) is 16.5 Å². The predicted molar refractivity (Wildman–Crippen MR) is 64.5 cm³/mol. The van der Waals surface area contributed by atoms with Gasteiger partial charge in [-0.05, 0) is 37.6 Å². The van der Waals surface area contributed by atoms with Crippen LogP contribution in [-0.4, -0.2) is 26.4 Å². The lowest BCUT2D eigenvalue weighted by Gasteiger charge is -2.13. The molecular formula is C10H13O3PS. The second kappa shape index (κ2) is 4.77. The standard InChI is InChI=1S/C10H13O3PS/c1-12-10(11)8-4-6-9(7-5-8)13-14(2,3)15/h4-7H,1-3H3. The van der Waals surface area contributed by atoms with Crippen LogP contribution in [0.3, 0.4) is 0 Å². The number of methoxy groups -OCH3 is 1. The van der Waals surface area contributed by atoms with Crippen LogP contribution >= 0.6 is 6.26 Å². The zero-order valence-corrected chi connectivity index (χ0v) is 10.6. The molecule has 0 unspecified atom stereocenters. The average Bonchev–Trinajstić information content (AvgIpc) is 2.15. The third-order valence-electron chi connectivity index (χ3n) is 1.60. The molecule has 0 spiro atoms. The van der Waals surface area contributed by atoms with E-state index in [-0.39, 0.29) is 5.97 Å². The summed E-state index contributed by atoms with van der Waals surface area (Å²) in [7, 11) is 1.35. The van der Waals surface area contributed by atoms with E-state index < -0.39 is 6.26 Å². The van der Waals surface area contributed by atoms with Crippen molar-refractivity contribution in [2.75, 3.05) is 20.4 Å². The van der Waals surface area contributed by atoms with E-state index in [1.807, 2.05) is 13.3 Å². The molecule has 0 aliphatic rings. The summed E-state index contributed by atoms with van der Waals surface area (Å²) in [5, 5.41) is 0. The number of carbonyl (C=O) groups is 1. The molecule has 1 aromatic carbocycles. The second-order valence-electron chi connectivity index (χ2n) is 3.36. The van der Waals surface area contributed by atoms with Gasteiger partial charge in [-0.1, -0.05) is 11.8 Å². The van der Waals surface area contributed by atoms with Crippen LogP contribution in [0.4, 0.5) is 0 Å². The van der Waals surface area contributed by atoms with Crippen molar-refractivity contribution in [3.8, 4) is 5.75 Å². The van der Waals surface area contributed by atoms with Crippen LogP contribution in [0, 0.1) is 0 Å². The highest BCUT2D eigenvalue weighted by Crippen LogP contribution is 2.38. The number of ether oxygens (including phenoxy) is 1. The van der Waals surface area contributed by atoms with Gasteiger partial charge in [-0.25, -0.2) is 4.79 Å². The molecule has 1 aromatic rings. The maximum atomic E-state index is 11.1. The smallest absolute Gasteiger partial charge is 0.337 e. The number of esters is 1. The van der Waals surface area contributed by atoms with E-state index in [0.29, 0.717) is 11.3 Å². The molecule has 5 heteroatoms. The first-order valence-corrected chi connectivity index (χ1v) is 7.97. The summed E-state index contributed by atoms with van der Waals surface area (Å²) < 4.78 is 10.1. The molecule has 1 rings (SSSR count). The maximum Gasteiger partial charge on any atom is 0.337 e. The molecule has 0 fully saturated rings. The Kier molecular flexibility index (Phi) is 3.89. The summed E-state index contributed by atoms with van der Waals surface area (Å²) in [4.78, 5) is 11.1. The van der Waals surface area contributed by atoms with Gasteiger partial charge in [0.15, 0.2) is 0 Å². The van der Waals surface area contributed by atoms with E-state index in [9.17, 15) is 4.79 Å². The molecule has 0 N–H and O–H groups in total. The van der Waals surface area contributed by atoms with Gasteiger partial charge in [0.25, 0.3) is 0 Å². The van der Waals surface area contributed by atoms with Crippen molar-refractivity contribution in [2.24, 2.45) is 0 Å². The summed E-state index contributed by atoms with van der Waals surface area (Å²) in [5.74, 6) is 0.338. The minimum Gasteiger partial charge on any atom is -0.467 e. The SMILES string of the molecule is COC(=O)c1ccc(OP(C)(C)=S)cc1. The molecule has 0 saturated carbocycles. The van der Waals surface area contributed by atoms with Gasteiger partial charge in [-0.15, -0.1) is 0 Å². The summed E-state index contributed by atoms with van der Waals surface area (Å²) in [6.45, 7) is 3.80. The van der Waals surface area contributed by atoms with E-state index >= 15 is 0 Å².